The van der Waals surface area contributed by atoms with Crippen LogP contribution in [0.1, 0.15) is 11.1 Å². The van der Waals surface area contributed by atoms with Crippen LogP contribution in [0.15, 0.2) is 60.7 Å². The van der Waals surface area contributed by atoms with Crippen molar-refractivity contribution in [3.8, 4) is 28.5 Å². The first kappa shape index (κ1) is 21.8. The molecular weight excluding hydrogens is 461 g/mol. The Morgan fingerprint density at radius 1 is 1.03 bits per heavy atom. The van der Waals surface area contributed by atoms with E-state index in [0.29, 0.717) is 40.1 Å². The summed E-state index contributed by atoms with van der Waals surface area (Å²) in [4.78, 5) is 13.2. The molecule has 1 aliphatic rings. The first-order valence-corrected chi connectivity index (χ1v) is 10.7. The third-order valence-electron chi connectivity index (χ3n) is 5.51. The van der Waals surface area contributed by atoms with Crippen LogP contribution >= 0.6 is 11.6 Å². The first-order valence-electron chi connectivity index (χ1n) is 10.3. The Kier molecular flexibility index (Phi) is 5.59. The maximum Gasteiger partial charge on any atom is 0.440 e. The van der Waals surface area contributed by atoms with E-state index in [0.717, 1.165) is 16.7 Å². The molecule has 7 nitrogen and oxygen atoms in total. The fourth-order valence-electron chi connectivity index (χ4n) is 3.97. The smallest absolute Gasteiger partial charge is 0.440 e. The number of ether oxygens (including phenoxy) is 3. The number of anilines is 2. The van der Waals surface area contributed by atoms with E-state index in [1.165, 1.54) is 16.8 Å². The van der Waals surface area contributed by atoms with Crippen molar-refractivity contribution in [1.29, 1.82) is 0 Å². The molecule has 1 heterocycles. The van der Waals surface area contributed by atoms with Crippen LogP contribution in [0.3, 0.4) is 0 Å². The van der Waals surface area contributed by atoms with Crippen molar-refractivity contribution < 1.29 is 23.4 Å². The lowest BCUT2D eigenvalue weighted by atomic mass is 10.1. The number of para-hydroxylation sites is 1. The SMILES string of the molecule is COc1cc2c(cc1OC)-c1c(c(Nc3cccc(F)c3)nn1C(=O)Oc1ccccc1Cl)C2. The number of carbonyl (C=O) groups is 1. The van der Waals surface area contributed by atoms with E-state index in [9.17, 15) is 9.18 Å². The van der Waals surface area contributed by atoms with Crippen molar-refractivity contribution in [2.75, 3.05) is 19.5 Å². The Bertz CT molecular complexity index is 1420. The molecule has 1 aliphatic carbocycles. The van der Waals surface area contributed by atoms with Crippen molar-refractivity contribution >= 4 is 29.2 Å². The minimum absolute atomic E-state index is 0.212. The second-order valence-corrected chi connectivity index (χ2v) is 7.97. The number of benzene rings is 3. The van der Waals surface area contributed by atoms with Gasteiger partial charge in [0, 0.05) is 23.2 Å². The highest BCUT2D eigenvalue weighted by molar-refractivity contribution is 6.32. The Labute approximate surface area is 199 Å². The van der Waals surface area contributed by atoms with Crippen LogP contribution in [-0.4, -0.2) is 30.1 Å². The summed E-state index contributed by atoms with van der Waals surface area (Å²) in [5, 5.41) is 7.89. The lowest BCUT2D eigenvalue weighted by Crippen LogP contribution is -2.19. The number of carbonyl (C=O) groups excluding carboxylic acids is 1. The second kappa shape index (κ2) is 8.72. The summed E-state index contributed by atoms with van der Waals surface area (Å²) in [6.07, 6.45) is -0.263. The number of hydrogen-bond acceptors (Lipinski definition) is 6. The van der Waals surface area contributed by atoms with Gasteiger partial charge >= 0.3 is 6.09 Å². The molecule has 0 radical (unpaired) electrons. The molecular formula is C25H19ClFN3O4. The van der Waals surface area contributed by atoms with E-state index in [1.54, 1.807) is 56.7 Å². The molecule has 0 saturated heterocycles. The Morgan fingerprint density at radius 2 is 1.79 bits per heavy atom. The molecule has 0 amide bonds. The molecule has 0 saturated carbocycles. The topological polar surface area (TPSA) is 74.6 Å². The summed E-state index contributed by atoms with van der Waals surface area (Å²) in [6, 6.07) is 16.3. The van der Waals surface area contributed by atoms with Gasteiger partial charge in [0.15, 0.2) is 23.1 Å². The number of rotatable bonds is 5. The monoisotopic (exact) mass is 479 g/mol. The van der Waals surface area contributed by atoms with Gasteiger partial charge in [0.25, 0.3) is 0 Å². The van der Waals surface area contributed by atoms with Crippen LogP contribution in [0, 0.1) is 5.82 Å². The second-order valence-electron chi connectivity index (χ2n) is 7.56. The summed E-state index contributed by atoms with van der Waals surface area (Å²) < 4.78 is 31.4. The van der Waals surface area contributed by atoms with Crippen molar-refractivity contribution in [2.24, 2.45) is 0 Å². The van der Waals surface area contributed by atoms with Gasteiger partial charge in [-0.2, -0.15) is 4.68 Å². The zero-order valence-corrected chi connectivity index (χ0v) is 19.0. The highest BCUT2D eigenvalue weighted by Gasteiger charge is 2.32. The van der Waals surface area contributed by atoms with Crippen molar-refractivity contribution in [1.82, 2.24) is 9.78 Å². The molecule has 0 aliphatic heterocycles. The minimum Gasteiger partial charge on any atom is -0.493 e. The normalized spacial score (nSPS) is 11.5. The Balaban J connectivity index is 1.62. The Morgan fingerprint density at radius 3 is 2.53 bits per heavy atom. The number of nitrogens with zero attached hydrogens (tertiary/aromatic N) is 2. The number of halogens is 2. The molecule has 4 aromatic rings. The molecule has 1 N–H and O–H groups in total. The number of nitrogens with one attached hydrogen (secondary N) is 1. The van der Waals surface area contributed by atoms with Gasteiger partial charge in [-0.05, 0) is 48.0 Å². The van der Waals surface area contributed by atoms with E-state index in [2.05, 4.69) is 10.4 Å². The zero-order valence-electron chi connectivity index (χ0n) is 18.3. The summed E-state index contributed by atoms with van der Waals surface area (Å²) >= 11 is 6.17. The molecule has 1 aromatic heterocycles. The van der Waals surface area contributed by atoms with Crippen molar-refractivity contribution in [3.63, 3.8) is 0 Å². The van der Waals surface area contributed by atoms with Crippen molar-refractivity contribution in [2.45, 2.75) is 6.42 Å². The van der Waals surface area contributed by atoms with Crippen LogP contribution in [0.2, 0.25) is 5.02 Å². The molecule has 34 heavy (non-hydrogen) atoms. The third-order valence-corrected chi connectivity index (χ3v) is 5.82. The average Bonchev–Trinajstić information content (AvgIpc) is 3.37. The number of aromatic nitrogens is 2. The van der Waals surface area contributed by atoms with Gasteiger partial charge in [-0.25, -0.2) is 9.18 Å². The quantitative estimate of drug-likeness (QED) is 0.330. The van der Waals surface area contributed by atoms with E-state index in [1.807, 2.05) is 6.07 Å². The standard InChI is InChI=1S/C25H19ClFN3O4/c1-32-21-11-14-10-18-23(17(14)13-22(21)33-2)30(25(31)34-20-9-4-3-8-19(20)26)29-24(18)28-16-7-5-6-15(27)12-16/h3-9,11-13H,10H2,1-2H3,(H,28,29). The summed E-state index contributed by atoms with van der Waals surface area (Å²) in [5.41, 5.74) is 3.48. The van der Waals surface area contributed by atoms with Gasteiger partial charge < -0.3 is 19.5 Å². The van der Waals surface area contributed by atoms with E-state index < -0.39 is 11.9 Å². The lowest BCUT2D eigenvalue weighted by Gasteiger charge is -2.12. The fourth-order valence-corrected chi connectivity index (χ4v) is 4.15. The van der Waals surface area contributed by atoms with E-state index in [4.69, 9.17) is 25.8 Å². The number of methoxy groups -OCH3 is 2. The van der Waals surface area contributed by atoms with Crippen molar-refractivity contribution in [3.05, 3.63) is 82.6 Å². The van der Waals surface area contributed by atoms with Gasteiger partial charge in [-0.15, -0.1) is 5.10 Å². The van der Waals surface area contributed by atoms with E-state index >= 15 is 0 Å². The highest BCUT2D eigenvalue weighted by Crippen LogP contribution is 2.45. The number of hydrogen-bond donors (Lipinski definition) is 1. The first-order chi connectivity index (χ1) is 16.5. The molecule has 0 bridgehead atoms. The van der Waals surface area contributed by atoms with Crippen LogP contribution in [0.5, 0.6) is 17.2 Å². The maximum atomic E-state index is 13.8. The summed E-state index contributed by atoms with van der Waals surface area (Å²) in [5.74, 6) is 1.32. The largest absolute Gasteiger partial charge is 0.493 e. The average molecular weight is 480 g/mol. The maximum absolute atomic E-state index is 13.8. The van der Waals surface area contributed by atoms with Gasteiger partial charge in [-0.1, -0.05) is 29.8 Å². The van der Waals surface area contributed by atoms with Crippen LogP contribution in [-0.2, 0) is 6.42 Å². The minimum atomic E-state index is -0.737. The molecule has 3 aromatic carbocycles. The zero-order chi connectivity index (χ0) is 23.8. The molecule has 0 atom stereocenters. The molecule has 0 fully saturated rings. The molecule has 5 rings (SSSR count). The van der Waals surface area contributed by atoms with Gasteiger partial charge in [0.05, 0.1) is 24.9 Å². The van der Waals surface area contributed by atoms with Crippen LogP contribution in [0.4, 0.5) is 20.7 Å². The van der Waals surface area contributed by atoms with Gasteiger partial charge in [-0.3, -0.25) is 0 Å². The summed E-state index contributed by atoms with van der Waals surface area (Å²) in [7, 11) is 3.10. The number of fused-ring (bicyclic) bond motifs is 3. The molecule has 0 unspecified atom stereocenters. The Hall–Kier alpha value is -4.04. The molecule has 0 spiro atoms. The predicted octanol–water partition coefficient (Wildman–Crippen LogP) is 6.05. The highest BCUT2D eigenvalue weighted by atomic mass is 35.5. The third kappa shape index (κ3) is 3.82. The fraction of sp³-hybridized carbons (Fsp3) is 0.120. The molecule has 9 heteroatoms. The lowest BCUT2D eigenvalue weighted by molar-refractivity contribution is 0.199. The van der Waals surface area contributed by atoms with E-state index in [-0.39, 0.29) is 5.75 Å². The van der Waals surface area contributed by atoms with Gasteiger partial charge in [0.1, 0.15) is 5.82 Å². The van der Waals surface area contributed by atoms with Crippen LogP contribution < -0.4 is 19.5 Å². The summed E-state index contributed by atoms with van der Waals surface area (Å²) in [6.45, 7) is 0. The van der Waals surface area contributed by atoms with Crippen LogP contribution in [0.25, 0.3) is 11.3 Å². The molecule has 172 valence electrons. The van der Waals surface area contributed by atoms with Gasteiger partial charge in [0.2, 0.25) is 0 Å². The predicted molar refractivity (Wildman–Crippen MR) is 126 cm³/mol.